The van der Waals surface area contributed by atoms with Crippen molar-refractivity contribution in [3.63, 3.8) is 0 Å². The highest BCUT2D eigenvalue weighted by Gasteiger charge is 2.23. The molecule has 1 aromatic rings. The summed E-state index contributed by atoms with van der Waals surface area (Å²) in [5, 5.41) is 3.67. The molecule has 0 N–H and O–H groups in total. The summed E-state index contributed by atoms with van der Waals surface area (Å²) in [7, 11) is 1.27. The monoisotopic (exact) mass is 214 g/mol. The van der Waals surface area contributed by atoms with Gasteiger partial charge in [-0.25, -0.2) is 4.79 Å². The third-order valence-electron chi connectivity index (χ3n) is 1.46. The molecule has 0 fully saturated rings. The van der Waals surface area contributed by atoms with Gasteiger partial charge in [-0.2, -0.15) is 4.98 Å². The molecule has 86 valence electrons. The zero-order valence-electron chi connectivity index (χ0n) is 10.1. The van der Waals surface area contributed by atoms with E-state index in [9.17, 15) is 4.79 Å². The Balaban J connectivity index is 0.000000921. The van der Waals surface area contributed by atoms with Crippen molar-refractivity contribution < 1.29 is 14.1 Å². The number of hydrogen-bond donors (Lipinski definition) is 0. The largest absolute Gasteiger partial charge is 0.462 e. The first-order valence-corrected chi connectivity index (χ1v) is 4.87. The van der Waals surface area contributed by atoms with Gasteiger partial charge in [-0.1, -0.05) is 39.8 Å². The van der Waals surface area contributed by atoms with Gasteiger partial charge in [0.25, 0.3) is 0 Å². The van der Waals surface area contributed by atoms with Crippen LogP contribution in [-0.2, 0) is 10.2 Å². The Bertz CT molecular complexity index is 313. The van der Waals surface area contributed by atoms with Crippen molar-refractivity contribution in [3.05, 3.63) is 11.7 Å². The Kier molecular flexibility index (Phi) is 4.97. The fourth-order valence-electron chi connectivity index (χ4n) is 0.698. The maximum absolute atomic E-state index is 10.9. The predicted octanol–water partition coefficient (Wildman–Crippen LogP) is 2.18. The lowest BCUT2D eigenvalue weighted by Gasteiger charge is -2.10. The lowest BCUT2D eigenvalue weighted by Crippen LogP contribution is -2.13. The molecule has 1 heterocycles. The van der Waals surface area contributed by atoms with Crippen LogP contribution in [0.4, 0.5) is 0 Å². The fourth-order valence-corrected chi connectivity index (χ4v) is 0.698. The summed E-state index contributed by atoms with van der Waals surface area (Å²) in [5.74, 6) is -0.219. The molecule has 0 spiro atoms. The van der Waals surface area contributed by atoms with E-state index in [4.69, 9.17) is 4.52 Å². The molecule has 0 atom stereocenters. The van der Waals surface area contributed by atoms with E-state index in [0.29, 0.717) is 5.82 Å². The van der Waals surface area contributed by atoms with E-state index in [1.54, 1.807) is 0 Å². The summed E-state index contributed by atoms with van der Waals surface area (Å²) in [6.45, 7) is 9.79. The molecule has 0 amide bonds. The van der Waals surface area contributed by atoms with Gasteiger partial charge in [0.1, 0.15) is 0 Å². The van der Waals surface area contributed by atoms with Gasteiger partial charge in [-0.05, 0) is 0 Å². The zero-order chi connectivity index (χ0) is 12.1. The molecule has 0 radical (unpaired) electrons. The van der Waals surface area contributed by atoms with Gasteiger partial charge >= 0.3 is 11.9 Å². The van der Waals surface area contributed by atoms with Gasteiger partial charge in [0.05, 0.1) is 7.11 Å². The molecular weight excluding hydrogens is 196 g/mol. The van der Waals surface area contributed by atoms with Crippen molar-refractivity contribution in [1.29, 1.82) is 0 Å². The van der Waals surface area contributed by atoms with E-state index in [1.165, 1.54) is 7.11 Å². The SMILES string of the molecule is CC.COC(=O)c1nc(C(C)(C)C)no1. The van der Waals surface area contributed by atoms with E-state index < -0.39 is 5.97 Å². The third-order valence-corrected chi connectivity index (χ3v) is 1.46. The number of ether oxygens (including phenoxy) is 1. The Morgan fingerprint density at radius 3 is 2.20 bits per heavy atom. The maximum Gasteiger partial charge on any atom is 0.397 e. The maximum atomic E-state index is 10.9. The molecule has 0 aromatic carbocycles. The van der Waals surface area contributed by atoms with Crippen LogP contribution in [0.2, 0.25) is 0 Å². The van der Waals surface area contributed by atoms with Crippen LogP contribution >= 0.6 is 0 Å². The van der Waals surface area contributed by atoms with E-state index >= 15 is 0 Å². The second-order valence-corrected chi connectivity index (χ2v) is 3.66. The molecule has 5 heteroatoms. The van der Waals surface area contributed by atoms with E-state index in [2.05, 4.69) is 14.9 Å². The Hall–Kier alpha value is -1.39. The lowest BCUT2D eigenvalue weighted by molar-refractivity contribution is 0.0545. The first-order chi connectivity index (χ1) is 6.95. The molecule has 0 saturated carbocycles. The number of nitrogens with zero attached hydrogens (tertiary/aromatic N) is 2. The Morgan fingerprint density at radius 2 is 1.87 bits per heavy atom. The molecule has 1 aromatic heterocycles. The molecule has 0 aliphatic heterocycles. The first-order valence-electron chi connectivity index (χ1n) is 4.87. The van der Waals surface area contributed by atoms with Crippen LogP contribution < -0.4 is 0 Å². The third kappa shape index (κ3) is 3.69. The van der Waals surface area contributed by atoms with Crippen molar-refractivity contribution in [3.8, 4) is 0 Å². The van der Waals surface area contributed by atoms with Gasteiger partial charge < -0.3 is 9.26 Å². The van der Waals surface area contributed by atoms with Gasteiger partial charge in [-0.3, -0.25) is 0 Å². The number of rotatable bonds is 1. The van der Waals surface area contributed by atoms with Crippen molar-refractivity contribution in [2.75, 3.05) is 7.11 Å². The van der Waals surface area contributed by atoms with Crippen LogP contribution in [0.1, 0.15) is 51.1 Å². The summed E-state index contributed by atoms with van der Waals surface area (Å²) >= 11 is 0. The van der Waals surface area contributed by atoms with Crippen LogP contribution in [0, 0.1) is 0 Å². The minimum Gasteiger partial charge on any atom is -0.462 e. The molecular formula is C10H18N2O3. The minimum absolute atomic E-state index is 0.104. The summed E-state index contributed by atoms with van der Waals surface area (Å²) in [6.07, 6.45) is 0. The van der Waals surface area contributed by atoms with Gasteiger partial charge in [0.15, 0.2) is 5.82 Å². The van der Waals surface area contributed by atoms with E-state index in [1.807, 2.05) is 34.6 Å². The molecule has 0 saturated heterocycles. The minimum atomic E-state index is -0.608. The van der Waals surface area contributed by atoms with Crippen LogP contribution in [-0.4, -0.2) is 23.2 Å². The van der Waals surface area contributed by atoms with Crippen molar-refractivity contribution >= 4 is 5.97 Å². The highest BCUT2D eigenvalue weighted by molar-refractivity contribution is 5.83. The number of carbonyl (C=O) groups excluding carboxylic acids is 1. The lowest BCUT2D eigenvalue weighted by atomic mass is 9.96. The summed E-state index contributed by atoms with van der Waals surface area (Å²) in [6, 6.07) is 0. The van der Waals surface area contributed by atoms with Crippen molar-refractivity contribution in [2.24, 2.45) is 0 Å². The van der Waals surface area contributed by atoms with E-state index in [-0.39, 0.29) is 11.3 Å². The molecule has 15 heavy (non-hydrogen) atoms. The number of esters is 1. The zero-order valence-corrected chi connectivity index (χ0v) is 10.1. The Labute approximate surface area is 89.8 Å². The van der Waals surface area contributed by atoms with E-state index in [0.717, 1.165) is 0 Å². The molecule has 1 rings (SSSR count). The van der Waals surface area contributed by atoms with Gasteiger partial charge in [0.2, 0.25) is 0 Å². The number of carbonyl (C=O) groups is 1. The van der Waals surface area contributed by atoms with Crippen molar-refractivity contribution in [1.82, 2.24) is 10.1 Å². The molecule has 0 aliphatic carbocycles. The highest BCUT2D eigenvalue weighted by atomic mass is 16.6. The number of methoxy groups -OCH3 is 1. The average Bonchev–Trinajstić information content (AvgIpc) is 2.68. The second kappa shape index (κ2) is 5.48. The number of aromatic nitrogens is 2. The van der Waals surface area contributed by atoms with Gasteiger partial charge in [0, 0.05) is 5.41 Å². The smallest absolute Gasteiger partial charge is 0.397 e. The second-order valence-electron chi connectivity index (χ2n) is 3.66. The first kappa shape index (κ1) is 13.6. The highest BCUT2D eigenvalue weighted by Crippen LogP contribution is 2.18. The number of hydrogen-bond acceptors (Lipinski definition) is 5. The topological polar surface area (TPSA) is 65.2 Å². The molecule has 0 bridgehead atoms. The molecule has 5 nitrogen and oxygen atoms in total. The standard InChI is InChI=1S/C8H12N2O3.C2H6/c1-8(2,3)7-9-5(13-10-7)6(11)12-4;1-2/h1-4H3;1-2H3. The van der Waals surface area contributed by atoms with Crippen molar-refractivity contribution in [2.45, 2.75) is 40.0 Å². The summed E-state index contributed by atoms with van der Waals surface area (Å²) in [5.41, 5.74) is -0.226. The quantitative estimate of drug-likeness (QED) is 0.670. The van der Waals surface area contributed by atoms with Crippen LogP contribution in [0.5, 0.6) is 0 Å². The summed E-state index contributed by atoms with van der Waals surface area (Å²) < 4.78 is 9.14. The normalized spacial score (nSPS) is 10.3. The Morgan fingerprint density at radius 1 is 1.33 bits per heavy atom. The molecule has 0 aliphatic rings. The van der Waals surface area contributed by atoms with Gasteiger partial charge in [-0.15, -0.1) is 0 Å². The van der Waals surface area contributed by atoms with Crippen LogP contribution in [0.25, 0.3) is 0 Å². The average molecular weight is 214 g/mol. The van der Waals surface area contributed by atoms with Crippen LogP contribution in [0.15, 0.2) is 4.52 Å². The molecule has 0 unspecified atom stereocenters. The summed E-state index contributed by atoms with van der Waals surface area (Å²) in [4.78, 5) is 14.8. The predicted molar refractivity (Wildman–Crippen MR) is 55.7 cm³/mol. The van der Waals surface area contributed by atoms with Crippen LogP contribution in [0.3, 0.4) is 0 Å². The fraction of sp³-hybridized carbons (Fsp3) is 0.700.